The van der Waals surface area contributed by atoms with Gasteiger partial charge in [-0.15, -0.1) is 0 Å². The number of amides is 1. The van der Waals surface area contributed by atoms with E-state index in [1.54, 1.807) is 16.7 Å². The minimum Gasteiger partial charge on any atom is -0.337 e. The lowest BCUT2D eigenvalue weighted by atomic mass is 10.2. The molecule has 2 heterocycles. The van der Waals surface area contributed by atoms with E-state index < -0.39 is 0 Å². The van der Waals surface area contributed by atoms with Crippen molar-refractivity contribution < 1.29 is 4.79 Å². The SMILES string of the molecule is CN1/C(=C2\SC(=N)N(Cc3ccccc3)C2=O)Sc2ccccc21. The van der Waals surface area contributed by atoms with Crippen molar-refractivity contribution in [1.29, 1.82) is 5.41 Å². The van der Waals surface area contributed by atoms with Crippen LogP contribution in [0.2, 0.25) is 0 Å². The number of hydrogen-bond acceptors (Lipinski definition) is 5. The second-order valence-electron chi connectivity index (χ2n) is 5.55. The van der Waals surface area contributed by atoms with Crippen LogP contribution in [0.5, 0.6) is 0 Å². The third kappa shape index (κ3) is 2.52. The molecule has 0 unspecified atom stereocenters. The highest BCUT2D eigenvalue weighted by atomic mass is 32.2. The molecule has 2 aliphatic rings. The van der Waals surface area contributed by atoms with Crippen LogP contribution in [0.25, 0.3) is 0 Å². The number of fused-ring (bicyclic) bond motifs is 1. The summed E-state index contributed by atoms with van der Waals surface area (Å²) < 4.78 is 0. The van der Waals surface area contributed by atoms with E-state index in [0.717, 1.165) is 21.2 Å². The molecule has 1 saturated heterocycles. The van der Waals surface area contributed by atoms with Gasteiger partial charge in [-0.1, -0.05) is 54.2 Å². The lowest BCUT2D eigenvalue weighted by molar-refractivity contribution is -0.122. The van der Waals surface area contributed by atoms with Crippen LogP contribution in [0, 0.1) is 5.41 Å². The summed E-state index contributed by atoms with van der Waals surface area (Å²) in [6, 6.07) is 17.9. The van der Waals surface area contributed by atoms with E-state index in [1.807, 2.05) is 60.5 Å². The van der Waals surface area contributed by atoms with Crippen molar-refractivity contribution >= 4 is 40.3 Å². The summed E-state index contributed by atoms with van der Waals surface area (Å²) in [7, 11) is 1.97. The molecule has 1 amide bonds. The van der Waals surface area contributed by atoms with Gasteiger partial charge in [-0.05, 0) is 29.5 Å². The van der Waals surface area contributed by atoms with Gasteiger partial charge in [0.2, 0.25) is 0 Å². The number of thioether (sulfide) groups is 2. The van der Waals surface area contributed by atoms with Crippen molar-refractivity contribution in [2.24, 2.45) is 0 Å². The third-order valence-electron chi connectivity index (χ3n) is 4.00. The molecule has 2 aromatic carbocycles. The molecule has 1 fully saturated rings. The zero-order chi connectivity index (χ0) is 16.7. The molecule has 0 saturated carbocycles. The van der Waals surface area contributed by atoms with Crippen LogP contribution in [0.3, 0.4) is 0 Å². The molecule has 0 bridgehead atoms. The number of anilines is 1. The summed E-state index contributed by atoms with van der Waals surface area (Å²) in [5.74, 6) is -0.0870. The summed E-state index contributed by atoms with van der Waals surface area (Å²) in [5.41, 5.74) is 2.13. The van der Waals surface area contributed by atoms with Crippen LogP contribution in [-0.2, 0) is 11.3 Å². The highest BCUT2D eigenvalue weighted by Gasteiger charge is 2.38. The Morgan fingerprint density at radius 1 is 1.00 bits per heavy atom. The maximum absolute atomic E-state index is 12.9. The summed E-state index contributed by atoms with van der Waals surface area (Å²) in [5, 5.41) is 9.41. The van der Waals surface area contributed by atoms with Gasteiger partial charge in [0, 0.05) is 11.9 Å². The number of amidine groups is 1. The zero-order valence-electron chi connectivity index (χ0n) is 13.0. The normalized spacial score (nSPS) is 20.0. The molecule has 0 radical (unpaired) electrons. The van der Waals surface area contributed by atoms with E-state index >= 15 is 0 Å². The third-order valence-corrected chi connectivity index (χ3v) is 6.35. The van der Waals surface area contributed by atoms with Gasteiger partial charge in [0.1, 0.15) is 4.91 Å². The molecule has 2 aliphatic heterocycles. The van der Waals surface area contributed by atoms with E-state index in [2.05, 4.69) is 6.07 Å². The van der Waals surface area contributed by atoms with Gasteiger partial charge in [-0.25, -0.2) is 0 Å². The monoisotopic (exact) mass is 353 g/mol. The fourth-order valence-electron chi connectivity index (χ4n) is 2.76. The molecular weight excluding hydrogens is 338 g/mol. The molecule has 120 valence electrons. The molecule has 6 heteroatoms. The van der Waals surface area contributed by atoms with Crippen molar-refractivity contribution in [3.8, 4) is 0 Å². The van der Waals surface area contributed by atoms with E-state index in [0.29, 0.717) is 11.4 Å². The largest absolute Gasteiger partial charge is 0.337 e. The summed E-state index contributed by atoms with van der Waals surface area (Å²) in [4.78, 5) is 18.2. The van der Waals surface area contributed by atoms with Crippen molar-refractivity contribution in [2.45, 2.75) is 11.4 Å². The number of rotatable bonds is 2. The Bertz CT molecular complexity index is 864. The average molecular weight is 353 g/mol. The standard InChI is InChI=1S/C18H15N3OS2/c1-20-13-9-5-6-10-14(13)23-17(20)15-16(22)21(18(19)24-15)11-12-7-3-2-4-8-12/h2-10,19H,11H2,1H3/b17-15+,19-18?. The second kappa shape index (κ2) is 6.03. The molecule has 24 heavy (non-hydrogen) atoms. The number of carbonyl (C=O) groups excluding carboxylic acids is 1. The van der Waals surface area contributed by atoms with Gasteiger partial charge in [-0.3, -0.25) is 15.1 Å². The quantitative estimate of drug-likeness (QED) is 0.826. The van der Waals surface area contributed by atoms with Crippen molar-refractivity contribution in [2.75, 3.05) is 11.9 Å². The Kier molecular flexibility index (Phi) is 3.86. The van der Waals surface area contributed by atoms with E-state index in [4.69, 9.17) is 5.41 Å². The van der Waals surface area contributed by atoms with Gasteiger partial charge in [0.05, 0.1) is 17.3 Å². The predicted octanol–water partition coefficient (Wildman–Crippen LogP) is 4.11. The fraction of sp³-hybridized carbons (Fsp3) is 0.111. The van der Waals surface area contributed by atoms with E-state index in [9.17, 15) is 4.79 Å². The van der Waals surface area contributed by atoms with Crippen LogP contribution in [0.1, 0.15) is 5.56 Å². The zero-order valence-corrected chi connectivity index (χ0v) is 14.7. The first-order valence-corrected chi connectivity index (χ1v) is 9.15. The molecule has 4 nitrogen and oxygen atoms in total. The van der Waals surface area contributed by atoms with Crippen LogP contribution < -0.4 is 4.90 Å². The average Bonchev–Trinajstić information content (AvgIpc) is 3.08. The Labute approximate surface area is 149 Å². The minimum atomic E-state index is -0.0870. The maximum Gasteiger partial charge on any atom is 0.269 e. The second-order valence-corrected chi connectivity index (χ2v) is 7.58. The Balaban J connectivity index is 1.65. The van der Waals surface area contributed by atoms with Crippen molar-refractivity contribution in [1.82, 2.24) is 4.90 Å². The molecule has 0 atom stereocenters. The van der Waals surface area contributed by atoms with Crippen LogP contribution in [-0.4, -0.2) is 23.0 Å². The number of nitrogens with one attached hydrogen (secondary N) is 1. The highest BCUT2D eigenvalue weighted by molar-refractivity contribution is 8.19. The van der Waals surface area contributed by atoms with Crippen LogP contribution >= 0.6 is 23.5 Å². The molecule has 4 rings (SSSR count). The maximum atomic E-state index is 12.9. The van der Waals surface area contributed by atoms with Gasteiger partial charge < -0.3 is 4.90 Å². The number of para-hydroxylation sites is 1. The van der Waals surface area contributed by atoms with Crippen LogP contribution in [0.4, 0.5) is 5.69 Å². The molecule has 0 spiro atoms. The lowest BCUT2D eigenvalue weighted by Gasteiger charge is -2.16. The predicted molar refractivity (Wildman–Crippen MR) is 100 cm³/mol. The molecule has 0 aliphatic carbocycles. The minimum absolute atomic E-state index is 0.0870. The number of carbonyl (C=O) groups is 1. The summed E-state index contributed by atoms with van der Waals surface area (Å²) in [6.45, 7) is 0.434. The van der Waals surface area contributed by atoms with E-state index in [-0.39, 0.29) is 11.1 Å². The van der Waals surface area contributed by atoms with Crippen molar-refractivity contribution in [3.63, 3.8) is 0 Å². The number of benzene rings is 2. The van der Waals surface area contributed by atoms with Gasteiger partial charge >= 0.3 is 0 Å². The van der Waals surface area contributed by atoms with Gasteiger partial charge in [-0.2, -0.15) is 0 Å². The number of hydrogen-bond donors (Lipinski definition) is 1. The van der Waals surface area contributed by atoms with Gasteiger partial charge in [0.25, 0.3) is 5.91 Å². The molecule has 1 N–H and O–H groups in total. The molecular formula is C18H15N3OS2. The van der Waals surface area contributed by atoms with E-state index in [1.165, 1.54) is 11.8 Å². The Morgan fingerprint density at radius 2 is 1.71 bits per heavy atom. The van der Waals surface area contributed by atoms with Crippen molar-refractivity contribution in [3.05, 3.63) is 70.1 Å². The lowest BCUT2D eigenvalue weighted by Crippen LogP contribution is -2.28. The molecule has 0 aromatic heterocycles. The van der Waals surface area contributed by atoms with Gasteiger partial charge in [0.15, 0.2) is 5.17 Å². The first-order valence-electron chi connectivity index (χ1n) is 7.52. The smallest absolute Gasteiger partial charge is 0.269 e. The summed E-state index contributed by atoms with van der Waals surface area (Å²) in [6.07, 6.45) is 0. The Morgan fingerprint density at radius 3 is 2.46 bits per heavy atom. The highest BCUT2D eigenvalue weighted by Crippen LogP contribution is 2.49. The first kappa shape index (κ1) is 15.4. The van der Waals surface area contributed by atoms with Crippen LogP contribution in [0.15, 0.2) is 69.4 Å². The topological polar surface area (TPSA) is 47.4 Å². The fourth-order valence-corrected chi connectivity index (χ4v) is 4.96. The number of nitrogens with zero attached hydrogens (tertiary/aromatic N) is 2. The first-order chi connectivity index (χ1) is 11.6. The Hall–Kier alpha value is -2.18. The molecule has 2 aromatic rings. The summed E-state index contributed by atoms with van der Waals surface area (Å²) >= 11 is 2.85.